The van der Waals surface area contributed by atoms with Gasteiger partial charge in [0.05, 0.1) is 12.2 Å². The Morgan fingerprint density at radius 1 is 1.20 bits per heavy atom. The average Bonchev–Trinajstić information content (AvgIpc) is 3.37. The monoisotopic (exact) mass is 408 g/mol. The lowest BCUT2D eigenvalue weighted by atomic mass is 9.95. The molecule has 1 aromatic carbocycles. The Balaban J connectivity index is 1.33. The van der Waals surface area contributed by atoms with Crippen LogP contribution in [0.5, 0.6) is 0 Å². The molecule has 1 N–H and O–H groups in total. The Labute approximate surface area is 174 Å². The standard InChI is InChI=1S/C21H24N6O3/c1-14-23-19(30-25-14)13-22-20(28)16-8-10-27(11-9-16)21(29)18-12-17(24-26(18)2)15-6-4-3-5-7-15/h3-7,12,16H,8-11,13H2,1-2H3,(H,22,28). The lowest BCUT2D eigenvalue weighted by Gasteiger charge is -2.31. The third-order valence-electron chi connectivity index (χ3n) is 5.30. The van der Waals surface area contributed by atoms with Crippen molar-refractivity contribution in [3.63, 3.8) is 0 Å². The van der Waals surface area contributed by atoms with E-state index in [1.165, 1.54) is 0 Å². The quantitative estimate of drug-likeness (QED) is 0.692. The molecule has 0 aliphatic carbocycles. The van der Waals surface area contributed by atoms with E-state index in [0.29, 0.717) is 43.3 Å². The molecular weight excluding hydrogens is 384 g/mol. The first-order valence-electron chi connectivity index (χ1n) is 9.97. The van der Waals surface area contributed by atoms with Crippen molar-refractivity contribution in [2.45, 2.75) is 26.3 Å². The van der Waals surface area contributed by atoms with E-state index < -0.39 is 0 Å². The topological polar surface area (TPSA) is 106 Å². The maximum atomic E-state index is 13.0. The van der Waals surface area contributed by atoms with Crippen LogP contribution in [0.15, 0.2) is 40.9 Å². The summed E-state index contributed by atoms with van der Waals surface area (Å²) in [6, 6.07) is 11.6. The Morgan fingerprint density at radius 2 is 1.93 bits per heavy atom. The molecule has 2 amide bonds. The van der Waals surface area contributed by atoms with Crippen LogP contribution in [0.2, 0.25) is 0 Å². The number of nitrogens with zero attached hydrogens (tertiary/aromatic N) is 5. The fourth-order valence-electron chi connectivity index (χ4n) is 3.64. The highest BCUT2D eigenvalue weighted by Crippen LogP contribution is 2.22. The van der Waals surface area contributed by atoms with E-state index in [9.17, 15) is 9.59 Å². The van der Waals surface area contributed by atoms with Gasteiger partial charge >= 0.3 is 0 Å². The van der Waals surface area contributed by atoms with E-state index in [4.69, 9.17) is 4.52 Å². The normalized spacial score (nSPS) is 14.7. The van der Waals surface area contributed by atoms with Gasteiger partial charge in [-0.3, -0.25) is 14.3 Å². The van der Waals surface area contributed by atoms with Crippen LogP contribution < -0.4 is 5.32 Å². The molecule has 1 aliphatic heterocycles. The van der Waals surface area contributed by atoms with Crippen LogP contribution in [0.4, 0.5) is 0 Å². The van der Waals surface area contributed by atoms with Gasteiger partial charge in [0.15, 0.2) is 5.82 Å². The molecule has 9 nitrogen and oxygen atoms in total. The smallest absolute Gasteiger partial charge is 0.272 e. The maximum absolute atomic E-state index is 13.0. The van der Waals surface area contributed by atoms with E-state index in [1.54, 1.807) is 23.6 Å². The second-order valence-electron chi connectivity index (χ2n) is 7.42. The molecule has 4 rings (SSSR count). The van der Waals surface area contributed by atoms with Gasteiger partial charge in [0.2, 0.25) is 11.8 Å². The number of carbonyl (C=O) groups excluding carboxylic acids is 2. The second kappa shape index (κ2) is 8.48. The fourth-order valence-corrected chi connectivity index (χ4v) is 3.64. The van der Waals surface area contributed by atoms with Crippen molar-refractivity contribution in [2.75, 3.05) is 13.1 Å². The molecule has 30 heavy (non-hydrogen) atoms. The number of carbonyl (C=O) groups is 2. The van der Waals surface area contributed by atoms with Crippen LogP contribution in [-0.2, 0) is 18.4 Å². The van der Waals surface area contributed by atoms with Crippen molar-refractivity contribution in [1.29, 1.82) is 0 Å². The Hall–Kier alpha value is -3.49. The van der Waals surface area contributed by atoms with Gasteiger partial charge in [-0.15, -0.1) is 0 Å². The van der Waals surface area contributed by atoms with Crippen molar-refractivity contribution in [3.05, 3.63) is 53.8 Å². The van der Waals surface area contributed by atoms with Gasteiger partial charge in [0.25, 0.3) is 5.91 Å². The molecule has 0 atom stereocenters. The van der Waals surface area contributed by atoms with Crippen LogP contribution in [0, 0.1) is 12.8 Å². The molecule has 3 aromatic rings. The summed E-state index contributed by atoms with van der Waals surface area (Å²) in [6.07, 6.45) is 1.23. The van der Waals surface area contributed by atoms with E-state index in [0.717, 1.165) is 11.3 Å². The van der Waals surface area contributed by atoms with Crippen molar-refractivity contribution in [3.8, 4) is 11.3 Å². The summed E-state index contributed by atoms with van der Waals surface area (Å²) >= 11 is 0. The minimum atomic E-state index is -0.135. The first-order valence-corrected chi connectivity index (χ1v) is 9.97. The van der Waals surface area contributed by atoms with Gasteiger partial charge < -0.3 is 14.7 Å². The second-order valence-corrected chi connectivity index (χ2v) is 7.42. The molecule has 1 fully saturated rings. The van der Waals surface area contributed by atoms with Crippen LogP contribution in [0.3, 0.4) is 0 Å². The Kier molecular flexibility index (Phi) is 5.60. The predicted molar refractivity (Wildman–Crippen MR) is 108 cm³/mol. The summed E-state index contributed by atoms with van der Waals surface area (Å²) in [5.41, 5.74) is 2.29. The molecule has 1 aliphatic rings. The Bertz CT molecular complexity index is 1030. The molecule has 1 saturated heterocycles. The van der Waals surface area contributed by atoms with Crippen molar-refractivity contribution in [2.24, 2.45) is 13.0 Å². The maximum Gasteiger partial charge on any atom is 0.272 e. The van der Waals surface area contributed by atoms with Gasteiger partial charge in [0.1, 0.15) is 5.69 Å². The average molecular weight is 408 g/mol. The van der Waals surface area contributed by atoms with E-state index in [1.807, 2.05) is 36.4 Å². The number of aryl methyl sites for hydroxylation is 2. The largest absolute Gasteiger partial charge is 0.347 e. The summed E-state index contributed by atoms with van der Waals surface area (Å²) in [4.78, 5) is 31.3. The number of hydrogen-bond donors (Lipinski definition) is 1. The molecule has 0 bridgehead atoms. The first kappa shape index (κ1) is 19.8. The number of amides is 2. The van der Waals surface area contributed by atoms with Crippen molar-refractivity contribution >= 4 is 11.8 Å². The highest BCUT2D eigenvalue weighted by molar-refractivity contribution is 5.94. The van der Waals surface area contributed by atoms with Gasteiger partial charge in [-0.25, -0.2) is 0 Å². The van der Waals surface area contributed by atoms with Crippen LogP contribution >= 0.6 is 0 Å². The summed E-state index contributed by atoms with van der Waals surface area (Å²) < 4.78 is 6.63. The van der Waals surface area contributed by atoms with E-state index >= 15 is 0 Å². The molecule has 0 unspecified atom stereocenters. The number of likely N-dealkylation sites (tertiary alicyclic amines) is 1. The molecule has 0 radical (unpaired) electrons. The van der Waals surface area contributed by atoms with E-state index in [-0.39, 0.29) is 24.3 Å². The fraction of sp³-hybridized carbons (Fsp3) is 0.381. The van der Waals surface area contributed by atoms with Gasteiger partial charge in [-0.05, 0) is 25.8 Å². The lowest BCUT2D eigenvalue weighted by molar-refractivity contribution is -0.126. The SMILES string of the molecule is Cc1noc(CNC(=O)C2CCN(C(=O)c3cc(-c4ccccc4)nn3C)CC2)n1. The number of piperidine rings is 1. The highest BCUT2D eigenvalue weighted by Gasteiger charge is 2.29. The molecule has 156 valence electrons. The zero-order chi connectivity index (χ0) is 21.1. The van der Waals surface area contributed by atoms with Crippen molar-refractivity contribution in [1.82, 2.24) is 30.1 Å². The summed E-state index contributed by atoms with van der Waals surface area (Å²) in [7, 11) is 1.78. The van der Waals surface area contributed by atoms with Gasteiger partial charge in [-0.1, -0.05) is 35.5 Å². The molecule has 2 aromatic heterocycles. The third kappa shape index (κ3) is 4.24. The van der Waals surface area contributed by atoms with Crippen LogP contribution in [0.25, 0.3) is 11.3 Å². The predicted octanol–water partition coefficient (Wildman–Crippen LogP) is 1.95. The van der Waals surface area contributed by atoms with Gasteiger partial charge in [0, 0.05) is 31.6 Å². The lowest BCUT2D eigenvalue weighted by Crippen LogP contribution is -2.43. The third-order valence-corrected chi connectivity index (χ3v) is 5.30. The molecular formula is C21H24N6O3. The number of nitrogens with one attached hydrogen (secondary N) is 1. The summed E-state index contributed by atoms with van der Waals surface area (Å²) in [5.74, 6) is 0.678. The summed E-state index contributed by atoms with van der Waals surface area (Å²) in [6.45, 7) is 3.01. The van der Waals surface area contributed by atoms with Gasteiger partial charge in [-0.2, -0.15) is 10.1 Å². The molecule has 0 spiro atoms. The molecule has 9 heteroatoms. The Morgan fingerprint density at radius 3 is 2.60 bits per heavy atom. The number of hydrogen-bond acceptors (Lipinski definition) is 6. The number of aromatic nitrogens is 4. The number of benzene rings is 1. The van der Waals surface area contributed by atoms with Crippen molar-refractivity contribution < 1.29 is 14.1 Å². The zero-order valence-corrected chi connectivity index (χ0v) is 17.0. The van der Waals surface area contributed by atoms with E-state index in [2.05, 4.69) is 20.6 Å². The minimum Gasteiger partial charge on any atom is -0.347 e. The zero-order valence-electron chi connectivity index (χ0n) is 17.0. The summed E-state index contributed by atoms with van der Waals surface area (Å²) in [5, 5.41) is 11.0. The van der Waals surface area contributed by atoms with Crippen LogP contribution in [0.1, 0.15) is 35.0 Å². The highest BCUT2D eigenvalue weighted by atomic mass is 16.5. The van der Waals surface area contributed by atoms with Crippen LogP contribution in [-0.4, -0.2) is 49.7 Å². The number of rotatable bonds is 5. The first-order chi connectivity index (χ1) is 14.5. The molecule has 0 saturated carbocycles. The molecule has 3 heterocycles. The minimum absolute atomic E-state index is 0.0511.